The normalized spacial score (nSPS) is 11.5. The number of alkyl halides is 3. The van der Waals surface area contributed by atoms with Crippen molar-refractivity contribution in [1.29, 1.82) is 0 Å². The van der Waals surface area contributed by atoms with Crippen molar-refractivity contribution < 1.29 is 23.1 Å². The van der Waals surface area contributed by atoms with Crippen LogP contribution in [0.4, 0.5) is 18.9 Å². The zero-order valence-electron chi connectivity index (χ0n) is 15.6. The Morgan fingerprint density at radius 1 is 1.07 bits per heavy atom. The highest BCUT2D eigenvalue weighted by Gasteiger charge is 2.32. The Labute approximate surface area is 164 Å². The number of rotatable bonds is 3. The summed E-state index contributed by atoms with van der Waals surface area (Å²) in [5.41, 5.74) is 13.4. The molecule has 29 heavy (non-hydrogen) atoms. The Morgan fingerprint density at radius 3 is 2.38 bits per heavy atom. The van der Waals surface area contributed by atoms with Gasteiger partial charge >= 0.3 is 6.18 Å². The van der Waals surface area contributed by atoms with Gasteiger partial charge in [0, 0.05) is 11.8 Å². The SMILES string of the molecule is Cc1ccc(O)c(C)c1-c1cc(-c2ccnc(C(F)(F)F)c2)cc(C(N)=O)c1N. The van der Waals surface area contributed by atoms with Crippen LogP contribution < -0.4 is 11.5 Å². The fraction of sp³-hybridized carbons (Fsp3) is 0.143. The third-order valence-corrected chi connectivity index (χ3v) is 4.74. The van der Waals surface area contributed by atoms with Gasteiger partial charge in [0.1, 0.15) is 11.4 Å². The van der Waals surface area contributed by atoms with E-state index in [0.29, 0.717) is 22.3 Å². The molecule has 0 saturated heterocycles. The molecule has 2 aromatic carbocycles. The molecule has 0 fully saturated rings. The molecule has 0 aliphatic rings. The molecule has 8 heteroatoms. The summed E-state index contributed by atoms with van der Waals surface area (Å²) in [6.45, 7) is 3.48. The first-order chi connectivity index (χ1) is 13.5. The number of halogens is 3. The van der Waals surface area contributed by atoms with Crippen molar-refractivity contribution in [2.24, 2.45) is 5.73 Å². The van der Waals surface area contributed by atoms with E-state index in [1.165, 1.54) is 18.2 Å². The van der Waals surface area contributed by atoms with Gasteiger partial charge in [-0.05, 0) is 72.0 Å². The lowest BCUT2D eigenvalue weighted by Crippen LogP contribution is -2.14. The van der Waals surface area contributed by atoms with Crippen LogP contribution >= 0.6 is 0 Å². The number of carbonyl (C=O) groups is 1. The van der Waals surface area contributed by atoms with Crippen molar-refractivity contribution >= 4 is 11.6 Å². The van der Waals surface area contributed by atoms with Gasteiger partial charge in [0.15, 0.2) is 0 Å². The molecule has 0 aliphatic heterocycles. The first-order valence-corrected chi connectivity index (χ1v) is 8.57. The number of nitrogens with zero attached hydrogens (tertiary/aromatic N) is 1. The molecule has 0 aliphatic carbocycles. The maximum atomic E-state index is 13.1. The number of carbonyl (C=O) groups excluding carboxylic acids is 1. The minimum atomic E-state index is -4.61. The van der Waals surface area contributed by atoms with Crippen molar-refractivity contribution in [3.63, 3.8) is 0 Å². The second kappa shape index (κ2) is 7.12. The number of phenolic OH excluding ortho intramolecular Hbond substituents is 1. The summed E-state index contributed by atoms with van der Waals surface area (Å²) in [7, 11) is 0. The standard InChI is InChI=1S/C21H18F3N3O2/c1-10-3-4-16(28)11(2)18(10)14-7-13(8-15(19(14)25)20(26)29)12-5-6-27-17(9-12)21(22,23)24/h3-9,28H,25H2,1-2H3,(H2,26,29). The summed E-state index contributed by atoms with van der Waals surface area (Å²) in [5.74, 6) is -0.787. The van der Waals surface area contributed by atoms with Crippen LogP contribution in [0.2, 0.25) is 0 Å². The Kier molecular flexibility index (Phi) is 4.96. The summed E-state index contributed by atoms with van der Waals surface area (Å²) in [6, 6.07) is 8.43. The zero-order valence-corrected chi connectivity index (χ0v) is 15.6. The van der Waals surface area contributed by atoms with Gasteiger partial charge in [0.2, 0.25) is 0 Å². The van der Waals surface area contributed by atoms with E-state index in [4.69, 9.17) is 11.5 Å². The number of aromatic hydroxyl groups is 1. The largest absolute Gasteiger partial charge is 0.508 e. The molecule has 150 valence electrons. The molecule has 0 bridgehead atoms. The predicted molar refractivity (Wildman–Crippen MR) is 104 cm³/mol. The molecule has 1 amide bonds. The van der Waals surface area contributed by atoms with Crippen LogP contribution in [0, 0.1) is 13.8 Å². The number of amides is 1. The van der Waals surface area contributed by atoms with E-state index in [0.717, 1.165) is 17.8 Å². The van der Waals surface area contributed by atoms with Crippen LogP contribution in [0.25, 0.3) is 22.3 Å². The highest BCUT2D eigenvalue weighted by atomic mass is 19.4. The third kappa shape index (κ3) is 3.73. The Morgan fingerprint density at radius 2 is 1.76 bits per heavy atom. The minimum absolute atomic E-state index is 0.0231. The number of aromatic nitrogens is 1. The Hall–Kier alpha value is -3.55. The average molecular weight is 401 g/mol. The van der Waals surface area contributed by atoms with Gasteiger partial charge in [-0.25, -0.2) is 0 Å². The second-order valence-electron chi connectivity index (χ2n) is 6.68. The van der Waals surface area contributed by atoms with Gasteiger partial charge in [0.05, 0.1) is 11.3 Å². The van der Waals surface area contributed by atoms with Gasteiger partial charge in [-0.2, -0.15) is 13.2 Å². The fourth-order valence-corrected chi connectivity index (χ4v) is 3.25. The number of aryl methyl sites for hydroxylation is 1. The first-order valence-electron chi connectivity index (χ1n) is 8.57. The van der Waals surface area contributed by atoms with E-state index in [-0.39, 0.29) is 22.6 Å². The number of phenols is 1. The molecule has 3 rings (SSSR count). The molecule has 5 nitrogen and oxygen atoms in total. The zero-order chi connectivity index (χ0) is 21.5. The van der Waals surface area contributed by atoms with E-state index in [1.54, 1.807) is 26.0 Å². The number of hydrogen-bond donors (Lipinski definition) is 3. The number of nitrogen functional groups attached to an aromatic ring is 1. The van der Waals surface area contributed by atoms with Crippen LogP contribution in [0.3, 0.4) is 0 Å². The summed E-state index contributed by atoms with van der Waals surface area (Å²) >= 11 is 0. The van der Waals surface area contributed by atoms with Crippen molar-refractivity contribution in [2.45, 2.75) is 20.0 Å². The number of pyridine rings is 1. The van der Waals surface area contributed by atoms with Crippen molar-refractivity contribution in [3.8, 4) is 28.0 Å². The summed E-state index contributed by atoms with van der Waals surface area (Å²) in [6.07, 6.45) is -3.57. The van der Waals surface area contributed by atoms with Crippen LogP contribution in [-0.2, 0) is 6.18 Å². The highest BCUT2D eigenvalue weighted by molar-refractivity contribution is 6.04. The van der Waals surface area contributed by atoms with Crippen LogP contribution in [-0.4, -0.2) is 16.0 Å². The van der Waals surface area contributed by atoms with Crippen molar-refractivity contribution in [2.75, 3.05) is 5.73 Å². The van der Waals surface area contributed by atoms with E-state index in [2.05, 4.69) is 4.98 Å². The minimum Gasteiger partial charge on any atom is -0.508 e. The number of benzene rings is 2. The average Bonchev–Trinajstić information content (AvgIpc) is 2.65. The molecule has 0 atom stereocenters. The quantitative estimate of drug-likeness (QED) is 0.565. The monoisotopic (exact) mass is 401 g/mol. The predicted octanol–water partition coefficient (Wildman–Crippen LogP) is 4.44. The molecule has 0 unspecified atom stereocenters. The Bertz CT molecular complexity index is 1120. The molecule has 3 aromatic rings. The molecule has 5 N–H and O–H groups in total. The van der Waals surface area contributed by atoms with Gasteiger partial charge in [-0.1, -0.05) is 6.07 Å². The molecule has 0 spiro atoms. The number of nitrogens with two attached hydrogens (primary N) is 2. The first kappa shape index (κ1) is 20.2. The van der Waals surface area contributed by atoms with Crippen molar-refractivity contribution in [3.05, 3.63) is 65.0 Å². The van der Waals surface area contributed by atoms with E-state index >= 15 is 0 Å². The van der Waals surface area contributed by atoms with E-state index in [1.807, 2.05) is 0 Å². The van der Waals surface area contributed by atoms with Crippen LogP contribution in [0.1, 0.15) is 27.2 Å². The van der Waals surface area contributed by atoms with Gasteiger partial charge in [0.25, 0.3) is 5.91 Å². The lowest BCUT2D eigenvalue weighted by molar-refractivity contribution is -0.141. The lowest BCUT2D eigenvalue weighted by Gasteiger charge is -2.18. The topological polar surface area (TPSA) is 102 Å². The summed E-state index contributed by atoms with van der Waals surface area (Å²) in [5, 5.41) is 10.1. The van der Waals surface area contributed by atoms with Crippen LogP contribution in [0.15, 0.2) is 42.6 Å². The number of hydrogen-bond acceptors (Lipinski definition) is 4. The maximum absolute atomic E-state index is 13.1. The van der Waals surface area contributed by atoms with Crippen LogP contribution in [0.5, 0.6) is 5.75 Å². The summed E-state index contributed by atoms with van der Waals surface area (Å²) < 4.78 is 39.2. The van der Waals surface area contributed by atoms with Crippen molar-refractivity contribution in [1.82, 2.24) is 4.98 Å². The lowest BCUT2D eigenvalue weighted by atomic mass is 9.89. The Balaban J connectivity index is 2.33. The maximum Gasteiger partial charge on any atom is 0.433 e. The third-order valence-electron chi connectivity index (χ3n) is 4.74. The number of primary amides is 1. The fourth-order valence-electron chi connectivity index (χ4n) is 3.25. The highest BCUT2D eigenvalue weighted by Crippen LogP contribution is 2.40. The molecule has 0 radical (unpaired) electrons. The summed E-state index contributed by atoms with van der Waals surface area (Å²) in [4.78, 5) is 15.3. The molecule has 1 aromatic heterocycles. The van der Waals surface area contributed by atoms with E-state index < -0.39 is 17.8 Å². The van der Waals surface area contributed by atoms with Gasteiger partial charge in [-0.3, -0.25) is 9.78 Å². The molecule has 0 saturated carbocycles. The second-order valence-corrected chi connectivity index (χ2v) is 6.68. The van der Waals surface area contributed by atoms with E-state index in [9.17, 15) is 23.1 Å². The molecular formula is C21H18F3N3O2. The smallest absolute Gasteiger partial charge is 0.433 e. The number of anilines is 1. The van der Waals surface area contributed by atoms with Gasteiger partial charge < -0.3 is 16.6 Å². The molecular weight excluding hydrogens is 383 g/mol. The van der Waals surface area contributed by atoms with Gasteiger partial charge in [-0.15, -0.1) is 0 Å². The molecule has 1 heterocycles.